The number of allylic oxidation sites excluding steroid dienone is 1. The van der Waals surface area contributed by atoms with Crippen LogP contribution in [-0.2, 0) is 14.0 Å². The first-order chi connectivity index (χ1) is 15.3. The molecule has 0 aliphatic heterocycles. The van der Waals surface area contributed by atoms with Crippen LogP contribution in [0.1, 0.15) is 93.4 Å². The molecule has 0 N–H and O–H groups in total. The molecule has 4 aliphatic carbocycles. The molecule has 0 bridgehead atoms. The molecule has 4 aliphatic rings. The summed E-state index contributed by atoms with van der Waals surface area (Å²) in [6, 6.07) is 0. The Labute approximate surface area is 205 Å². The number of rotatable bonds is 4. The number of fused-ring (bicyclic) bond motifs is 5. The van der Waals surface area contributed by atoms with Gasteiger partial charge in [-0.25, -0.2) is 0 Å². The third-order valence-electron chi connectivity index (χ3n) is 10.9. The average Bonchev–Trinajstić information content (AvgIpc) is 3.03. The molecule has 0 heterocycles. The van der Waals surface area contributed by atoms with Gasteiger partial charge in [-0.1, -0.05) is 53.2 Å². The molecule has 0 aromatic rings. The minimum Gasteiger partial charge on any atom is -0.462 e. The summed E-state index contributed by atoms with van der Waals surface area (Å²) in [5.74, 6) is 3.77. The summed E-state index contributed by atoms with van der Waals surface area (Å²) in [6.45, 7) is 21.1. The summed E-state index contributed by atoms with van der Waals surface area (Å²) in [5, 5.41) is 0. The lowest BCUT2D eigenvalue weighted by Gasteiger charge is -2.61. The summed E-state index contributed by atoms with van der Waals surface area (Å²) in [7, 11) is -1.21. The van der Waals surface area contributed by atoms with Crippen molar-refractivity contribution < 1.29 is 14.0 Å². The predicted molar refractivity (Wildman–Crippen MR) is 138 cm³/mol. The van der Waals surface area contributed by atoms with Crippen LogP contribution in [0, 0.1) is 45.8 Å². The van der Waals surface area contributed by atoms with E-state index in [1.54, 1.807) is 6.92 Å². The highest BCUT2D eigenvalue weighted by Crippen LogP contribution is 2.68. The second-order valence-electron chi connectivity index (χ2n) is 13.9. The molecule has 4 heteroatoms. The van der Waals surface area contributed by atoms with Gasteiger partial charge in [-0.15, -0.1) is 0 Å². The van der Waals surface area contributed by atoms with E-state index >= 15 is 0 Å². The summed E-state index contributed by atoms with van der Waals surface area (Å²) in [4.78, 5) is 11.8. The number of ether oxygens (including phenoxy) is 1. The Kier molecular flexibility index (Phi) is 6.79. The number of carbonyl (C=O) groups excluding carboxylic acids is 1. The Morgan fingerprint density at radius 1 is 1.15 bits per heavy atom. The van der Waals surface area contributed by atoms with Gasteiger partial charge >= 0.3 is 5.97 Å². The molecule has 0 radical (unpaired) electrons. The number of hydrogen-bond donors (Lipinski definition) is 0. The lowest BCUT2D eigenvalue weighted by Crippen LogP contribution is -2.57. The smallest absolute Gasteiger partial charge is 0.302 e. The summed E-state index contributed by atoms with van der Waals surface area (Å²) >= 11 is 0. The van der Waals surface area contributed by atoms with E-state index in [0.29, 0.717) is 16.7 Å². The lowest BCUT2D eigenvalue weighted by atomic mass is 9.46. The first kappa shape index (κ1) is 25.5. The van der Waals surface area contributed by atoms with Gasteiger partial charge in [-0.05, 0) is 85.6 Å². The highest BCUT2D eigenvalue weighted by atomic mass is 28.3. The first-order valence-corrected chi connectivity index (χ1v) is 16.6. The zero-order valence-electron chi connectivity index (χ0n) is 22.9. The Hall–Kier alpha value is -0.613. The summed E-state index contributed by atoms with van der Waals surface area (Å²) in [6.07, 6.45) is 11.2. The van der Waals surface area contributed by atoms with E-state index in [0.717, 1.165) is 36.5 Å². The van der Waals surface area contributed by atoms with Crippen molar-refractivity contribution in [2.75, 3.05) is 0 Å². The molecule has 0 aromatic carbocycles. The minimum absolute atomic E-state index is 0.0199. The van der Waals surface area contributed by atoms with Gasteiger partial charge in [0.25, 0.3) is 0 Å². The van der Waals surface area contributed by atoms with E-state index in [1.807, 2.05) is 0 Å². The molecular weight excluding hydrogens is 424 g/mol. The van der Waals surface area contributed by atoms with Crippen molar-refractivity contribution in [1.29, 1.82) is 0 Å². The molecule has 0 spiro atoms. The fraction of sp³-hybridized carbons (Fsp3) is 0.897. The van der Waals surface area contributed by atoms with Gasteiger partial charge < -0.3 is 9.16 Å². The van der Waals surface area contributed by atoms with Crippen molar-refractivity contribution in [1.82, 2.24) is 0 Å². The van der Waals surface area contributed by atoms with E-state index in [9.17, 15) is 4.79 Å². The monoisotopic (exact) mass is 474 g/mol. The van der Waals surface area contributed by atoms with Crippen molar-refractivity contribution in [2.45, 2.75) is 119 Å². The zero-order chi connectivity index (χ0) is 24.3. The Morgan fingerprint density at radius 2 is 1.85 bits per heavy atom. The average molecular weight is 475 g/mol. The summed E-state index contributed by atoms with van der Waals surface area (Å²) in [5.41, 5.74) is 2.49. The third-order valence-corrected chi connectivity index (χ3v) is 11.8. The number of esters is 1. The highest BCUT2D eigenvalue weighted by molar-refractivity contribution is 6.48. The van der Waals surface area contributed by atoms with Crippen molar-refractivity contribution >= 4 is 15.0 Å². The van der Waals surface area contributed by atoms with E-state index in [-0.39, 0.29) is 23.6 Å². The molecule has 9 atom stereocenters. The van der Waals surface area contributed by atoms with E-state index in [4.69, 9.17) is 9.16 Å². The zero-order valence-corrected chi connectivity index (χ0v) is 24.0. The van der Waals surface area contributed by atoms with Crippen LogP contribution in [-0.4, -0.2) is 27.2 Å². The molecule has 4 rings (SSSR count). The Balaban J connectivity index is 1.65. The fourth-order valence-electron chi connectivity index (χ4n) is 8.97. The maximum atomic E-state index is 11.8. The quantitative estimate of drug-likeness (QED) is 0.246. The second kappa shape index (κ2) is 8.80. The van der Waals surface area contributed by atoms with Crippen LogP contribution in [0.2, 0.25) is 13.1 Å². The standard InChI is InChI=1S/C29H50O3Si/c1-18(27(3,4)5)23-12-13-24-22-11-10-20-16-21(31-19(2)30)17-26(32-33(8)9)29(20,7)25(22)14-15-28(23,24)6/h10,18,21-26,33H,11-17H2,1-9H3/t18?,21?,22-,23+,24-,25-,26?,28+,29-/m0/s1. The second-order valence-corrected chi connectivity index (χ2v) is 16.2. The van der Waals surface area contributed by atoms with Crippen LogP contribution in [0.4, 0.5) is 0 Å². The van der Waals surface area contributed by atoms with Crippen molar-refractivity contribution in [3.8, 4) is 0 Å². The first-order valence-electron chi connectivity index (χ1n) is 13.8. The number of carbonyl (C=O) groups is 1. The molecule has 3 fully saturated rings. The number of hydrogen-bond acceptors (Lipinski definition) is 3. The van der Waals surface area contributed by atoms with Crippen LogP contribution in [0.15, 0.2) is 11.6 Å². The van der Waals surface area contributed by atoms with Crippen LogP contribution in [0.5, 0.6) is 0 Å². The topological polar surface area (TPSA) is 35.5 Å². The molecule has 0 aromatic heterocycles. The molecule has 188 valence electrons. The maximum absolute atomic E-state index is 11.8. The fourth-order valence-corrected chi connectivity index (χ4v) is 10.0. The highest BCUT2D eigenvalue weighted by Gasteiger charge is 2.62. The largest absolute Gasteiger partial charge is 0.462 e. The summed E-state index contributed by atoms with van der Waals surface area (Å²) < 4.78 is 12.5. The van der Waals surface area contributed by atoms with Gasteiger partial charge in [0.2, 0.25) is 0 Å². The molecular formula is C29H50O3Si. The van der Waals surface area contributed by atoms with Gasteiger partial charge in [0.1, 0.15) is 6.10 Å². The van der Waals surface area contributed by atoms with E-state index in [1.165, 1.54) is 37.7 Å². The van der Waals surface area contributed by atoms with Crippen molar-refractivity contribution in [3.63, 3.8) is 0 Å². The predicted octanol–water partition coefficient (Wildman–Crippen LogP) is 7.16. The molecule has 3 unspecified atom stereocenters. The van der Waals surface area contributed by atoms with Crippen LogP contribution in [0.25, 0.3) is 0 Å². The van der Waals surface area contributed by atoms with Gasteiger partial charge in [-0.3, -0.25) is 4.79 Å². The van der Waals surface area contributed by atoms with Crippen LogP contribution >= 0.6 is 0 Å². The normalized spacial score (nSPS) is 43.9. The van der Waals surface area contributed by atoms with Gasteiger partial charge in [-0.2, -0.15) is 0 Å². The molecule has 33 heavy (non-hydrogen) atoms. The van der Waals surface area contributed by atoms with Crippen molar-refractivity contribution in [3.05, 3.63) is 11.6 Å². The molecule has 3 nitrogen and oxygen atoms in total. The van der Waals surface area contributed by atoms with E-state index < -0.39 is 9.04 Å². The van der Waals surface area contributed by atoms with Gasteiger partial charge in [0.05, 0.1) is 6.10 Å². The maximum Gasteiger partial charge on any atom is 0.302 e. The van der Waals surface area contributed by atoms with Crippen LogP contribution < -0.4 is 0 Å². The molecule has 3 saturated carbocycles. The SMILES string of the molecule is CC(=O)OC1CC2=CC[C@H]3[C@@H]4CC[C@H](C(C)C(C)(C)C)[C@@]4(C)CC[C@@H]3[C@@]2(C)C(O[SiH](C)C)C1. The van der Waals surface area contributed by atoms with Crippen molar-refractivity contribution in [2.24, 2.45) is 45.8 Å². The van der Waals surface area contributed by atoms with Gasteiger partial charge in [0, 0.05) is 25.2 Å². The Morgan fingerprint density at radius 3 is 2.45 bits per heavy atom. The van der Waals surface area contributed by atoms with Crippen LogP contribution in [0.3, 0.4) is 0 Å². The third kappa shape index (κ3) is 4.30. The van der Waals surface area contributed by atoms with E-state index in [2.05, 4.69) is 60.7 Å². The lowest BCUT2D eigenvalue weighted by molar-refractivity contribution is -0.153. The molecule has 0 amide bonds. The van der Waals surface area contributed by atoms with Gasteiger partial charge in [0.15, 0.2) is 9.04 Å². The molecule has 0 saturated heterocycles. The minimum atomic E-state index is -1.21. The Bertz CT molecular complexity index is 782.